The summed E-state index contributed by atoms with van der Waals surface area (Å²) in [5.41, 5.74) is 5.39. The smallest absolute Gasteiger partial charge is 0.462 e. The predicted molar refractivity (Wildman–Crippen MR) is 340 cm³/mol. The van der Waals surface area contributed by atoms with E-state index in [0.29, 0.717) is 6.42 Å². The third-order valence-electron chi connectivity index (χ3n) is 15.2. The molecule has 0 aromatic carbocycles. The van der Waals surface area contributed by atoms with Crippen molar-refractivity contribution in [1.29, 1.82) is 0 Å². The SMILES string of the molecule is CC/C=C\C/C=C\C/C=C\C/C=C\CCCCCCCCCCCCCCCCCCCCCCCCCCCCCCC(=O)OC(COC(=O)CCCCCCCCCCCCCCCCCCC)COP(=O)(O)OCCN. The lowest BCUT2D eigenvalue weighted by atomic mass is 10.0. The number of phosphoric acid groups is 1. The third kappa shape index (κ3) is 65.0. The summed E-state index contributed by atoms with van der Waals surface area (Å²) in [6.07, 6.45) is 82.2. The van der Waals surface area contributed by atoms with Gasteiger partial charge in [-0.25, -0.2) is 4.57 Å². The first-order valence-electron chi connectivity index (χ1n) is 34.1. The highest BCUT2D eigenvalue weighted by atomic mass is 31.2. The minimum absolute atomic E-state index is 0.0567. The van der Waals surface area contributed by atoms with Crippen molar-refractivity contribution in [3.8, 4) is 0 Å². The number of nitrogens with two attached hydrogens (primary N) is 1. The molecule has 0 aliphatic heterocycles. The molecule has 3 N–H and O–H groups in total. The Labute approximate surface area is 489 Å². The first-order chi connectivity index (χ1) is 38.8. The molecule has 0 radical (unpaired) electrons. The molecule has 0 aromatic rings. The standard InChI is InChI=1S/C69H130NO8P/c1-3-5-7-9-11-13-15-17-19-21-22-23-24-25-26-27-28-29-30-31-32-33-34-35-36-37-38-39-40-41-42-43-44-46-48-50-52-54-56-58-60-62-69(72)78-67(66-77-79(73,74)76-64-63-70)65-75-68(71)61-59-57-55-53-51-49-47-45-20-18-16-14-12-10-8-6-4-2/h5,7,11,13,17,19,22-23,67H,3-4,6,8-10,12,14-16,18,20-21,24-66,70H2,1-2H3,(H,73,74)/b7-5-,13-11-,19-17-,23-22-. The Morgan fingerprint density at radius 2 is 0.696 bits per heavy atom. The largest absolute Gasteiger partial charge is 0.472 e. The number of hydrogen-bond acceptors (Lipinski definition) is 8. The quantitative estimate of drug-likeness (QED) is 0.0264. The molecule has 0 spiro atoms. The summed E-state index contributed by atoms with van der Waals surface area (Å²) in [7, 11) is -4.38. The lowest BCUT2D eigenvalue weighted by Gasteiger charge is -2.19. The van der Waals surface area contributed by atoms with Crippen molar-refractivity contribution in [2.75, 3.05) is 26.4 Å². The van der Waals surface area contributed by atoms with Crippen LogP contribution >= 0.6 is 7.82 Å². The van der Waals surface area contributed by atoms with E-state index in [1.165, 1.54) is 257 Å². The van der Waals surface area contributed by atoms with Gasteiger partial charge in [-0.2, -0.15) is 0 Å². The zero-order valence-corrected chi connectivity index (χ0v) is 53.0. The number of esters is 2. The Morgan fingerprint density at radius 1 is 0.392 bits per heavy atom. The minimum atomic E-state index is -4.38. The highest BCUT2D eigenvalue weighted by molar-refractivity contribution is 7.47. The van der Waals surface area contributed by atoms with E-state index >= 15 is 0 Å². The van der Waals surface area contributed by atoms with Gasteiger partial charge in [0.2, 0.25) is 0 Å². The Hall–Kier alpha value is -2.03. The van der Waals surface area contributed by atoms with Crippen LogP contribution in [0.2, 0.25) is 0 Å². The topological polar surface area (TPSA) is 134 Å². The number of carbonyl (C=O) groups excluding carboxylic acids is 2. The van der Waals surface area contributed by atoms with Gasteiger partial charge >= 0.3 is 19.8 Å². The van der Waals surface area contributed by atoms with Gasteiger partial charge in [0.15, 0.2) is 6.10 Å². The maximum Gasteiger partial charge on any atom is 0.472 e. The summed E-state index contributed by atoms with van der Waals surface area (Å²) in [6, 6.07) is 0. The molecule has 2 unspecified atom stereocenters. The number of unbranched alkanes of at least 4 members (excludes halogenated alkanes) is 44. The fraction of sp³-hybridized carbons (Fsp3) is 0.855. The van der Waals surface area contributed by atoms with Gasteiger partial charge < -0.3 is 20.1 Å². The third-order valence-corrected chi connectivity index (χ3v) is 16.2. The highest BCUT2D eigenvalue weighted by Crippen LogP contribution is 2.43. The Balaban J connectivity index is 3.72. The van der Waals surface area contributed by atoms with Crippen molar-refractivity contribution in [2.24, 2.45) is 5.73 Å². The van der Waals surface area contributed by atoms with Gasteiger partial charge in [-0.3, -0.25) is 18.6 Å². The van der Waals surface area contributed by atoms with Gasteiger partial charge in [-0.15, -0.1) is 0 Å². The maximum absolute atomic E-state index is 12.7. The van der Waals surface area contributed by atoms with Crippen LogP contribution in [0.4, 0.5) is 0 Å². The van der Waals surface area contributed by atoms with Crippen molar-refractivity contribution in [2.45, 2.75) is 354 Å². The molecule has 0 heterocycles. The van der Waals surface area contributed by atoms with E-state index in [9.17, 15) is 19.0 Å². The van der Waals surface area contributed by atoms with Crippen LogP contribution in [0.25, 0.3) is 0 Å². The molecule has 464 valence electrons. The van der Waals surface area contributed by atoms with Gasteiger partial charge in [-0.1, -0.05) is 332 Å². The highest BCUT2D eigenvalue weighted by Gasteiger charge is 2.26. The molecule has 9 nitrogen and oxygen atoms in total. The Morgan fingerprint density at radius 3 is 1.04 bits per heavy atom. The summed E-state index contributed by atoms with van der Waals surface area (Å²) in [5.74, 6) is -0.805. The van der Waals surface area contributed by atoms with E-state index in [0.717, 1.165) is 57.8 Å². The molecule has 0 aliphatic carbocycles. The molecule has 0 aliphatic rings. The number of carbonyl (C=O) groups is 2. The van der Waals surface area contributed by atoms with Crippen LogP contribution in [-0.2, 0) is 32.7 Å². The lowest BCUT2D eigenvalue weighted by Crippen LogP contribution is -2.29. The van der Waals surface area contributed by atoms with E-state index in [-0.39, 0.29) is 38.6 Å². The summed E-state index contributed by atoms with van der Waals surface area (Å²) in [5, 5.41) is 0. The Kier molecular flexibility index (Phi) is 63.5. The van der Waals surface area contributed by atoms with Crippen molar-refractivity contribution < 1.29 is 37.6 Å². The average Bonchev–Trinajstić information content (AvgIpc) is 3.44. The van der Waals surface area contributed by atoms with E-state index in [1.807, 2.05) is 0 Å². The number of rotatable bonds is 65. The number of phosphoric ester groups is 1. The molecular weight excluding hydrogens is 1000 g/mol. The predicted octanol–water partition coefficient (Wildman–Crippen LogP) is 22.1. The van der Waals surface area contributed by atoms with Crippen LogP contribution in [-0.4, -0.2) is 49.3 Å². The minimum Gasteiger partial charge on any atom is -0.462 e. The normalized spacial score (nSPS) is 13.2. The molecule has 10 heteroatoms. The summed E-state index contributed by atoms with van der Waals surface area (Å²) >= 11 is 0. The van der Waals surface area contributed by atoms with Crippen LogP contribution in [0.5, 0.6) is 0 Å². The van der Waals surface area contributed by atoms with Crippen LogP contribution < -0.4 is 5.73 Å². The lowest BCUT2D eigenvalue weighted by molar-refractivity contribution is -0.161. The van der Waals surface area contributed by atoms with Crippen molar-refractivity contribution in [1.82, 2.24) is 0 Å². The molecule has 0 fully saturated rings. The summed E-state index contributed by atoms with van der Waals surface area (Å²) in [6.45, 7) is 3.69. The van der Waals surface area contributed by atoms with Gasteiger partial charge in [0.1, 0.15) is 6.61 Å². The van der Waals surface area contributed by atoms with Gasteiger partial charge in [0, 0.05) is 19.4 Å². The molecule has 0 amide bonds. The summed E-state index contributed by atoms with van der Waals surface area (Å²) < 4.78 is 33.1. The maximum atomic E-state index is 12.7. The second-order valence-corrected chi connectivity index (χ2v) is 24.5. The second kappa shape index (κ2) is 65.1. The average molecular weight is 1130 g/mol. The van der Waals surface area contributed by atoms with Crippen LogP contribution in [0.3, 0.4) is 0 Å². The number of ether oxygens (including phenoxy) is 2. The molecule has 2 atom stereocenters. The fourth-order valence-electron chi connectivity index (χ4n) is 10.2. The van der Waals surface area contributed by atoms with E-state index in [4.69, 9.17) is 24.3 Å². The van der Waals surface area contributed by atoms with Crippen LogP contribution in [0.15, 0.2) is 48.6 Å². The van der Waals surface area contributed by atoms with Gasteiger partial charge in [0.25, 0.3) is 0 Å². The molecule has 0 saturated carbocycles. The first-order valence-corrected chi connectivity index (χ1v) is 35.6. The van der Waals surface area contributed by atoms with Crippen molar-refractivity contribution >= 4 is 19.8 Å². The van der Waals surface area contributed by atoms with Crippen LogP contribution in [0, 0.1) is 0 Å². The van der Waals surface area contributed by atoms with Crippen molar-refractivity contribution in [3.63, 3.8) is 0 Å². The van der Waals surface area contributed by atoms with Gasteiger partial charge in [0.05, 0.1) is 13.2 Å². The zero-order valence-electron chi connectivity index (χ0n) is 52.1. The molecule has 0 rings (SSSR count). The summed E-state index contributed by atoms with van der Waals surface area (Å²) in [4.78, 5) is 35.2. The van der Waals surface area contributed by atoms with E-state index in [1.54, 1.807) is 0 Å². The van der Waals surface area contributed by atoms with E-state index < -0.39 is 26.5 Å². The number of hydrogen-bond donors (Lipinski definition) is 2. The molecule has 79 heavy (non-hydrogen) atoms. The first kappa shape index (κ1) is 77.0. The fourth-order valence-corrected chi connectivity index (χ4v) is 11.0. The monoisotopic (exact) mass is 1130 g/mol. The Bertz CT molecular complexity index is 1430. The van der Waals surface area contributed by atoms with Gasteiger partial charge in [-0.05, 0) is 51.4 Å². The second-order valence-electron chi connectivity index (χ2n) is 23.0. The molecule has 0 saturated heterocycles. The molecule has 0 bridgehead atoms. The van der Waals surface area contributed by atoms with Crippen LogP contribution in [0.1, 0.15) is 348 Å². The number of allylic oxidation sites excluding steroid dienone is 8. The molecule has 0 aromatic heterocycles. The zero-order chi connectivity index (χ0) is 57.3. The van der Waals surface area contributed by atoms with Crippen molar-refractivity contribution in [3.05, 3.63) is 48.6 Å². The van der Waals surface area contributed by atoms with E-state index in [2.05, 4.69) is 62.5 Å². The molecular formula is C69H130NO8P.